The standard InChI is InChI=1S/C29H34ClN3O5S/c1-20(2)31-29(35)22(4)32(18-23-9-6-8-21(3)16-23)28(34)19-33(25-11-7-10-24(30)17-25)39(36,37)27-14-12-26(38-5)13-15-27/h6-17,20,22H,18-19H2,1-5H3,(H,31,35)/t22-/m0/s1. The maximum Gasteiger partial charge on any atom is 0.264 e. The van der Waals surface area contributed by atoms with Crippen LogP contribution in [-0.4, -0.2) is 50.9 Å². The number of carbonyl (C=O) groups is 2. The molecule has 0 bridgehead atoms. The molecule has 208 valence electrons. The van der Waals surface area contributed by atoms with Crippen LogP contribution in [0.5, 0.6) is 5.75 Å². The Kier molecular flexibility index (Phi) is 9.99. The lowest BCUT2D eigenvalue weighted by atomic mass is 10.1. The fourth-order valence-electron chi connectivity index (χ4n) is 4.03. The van der Waals surface area contributed by atoms with Crippen molar-refractivity contribution in [1.29, 1.82) is 0 Å². The van der Waals surface area contributed by atoms with Gasteiger partial charge < -0.3 is 15.0 Å². The van der Waals surface area contributed by atoms with Crippen molar-refractivity contribution in [2.75, 3.05) is 18.0 Å². The first kappa shape index (κ1) is 30.0. The highest BCUT2D eigenvalue weighted by Crippen LogP contribution is 2.28. The predicted octanol–water partition coefficient (Wildman–Crippen LogP) is 4.79. The number of carbonyl (C=O) groups excluding carboxylic acids is 2. The van der Waals surface area contributed by atoms with Crippen LogP contribution in [0.1, 0.15) is 31.9 Å². The van der Waals surface area contributed by atoms with Crippen LogP contribution in [-0.2, 0) is 26.2 Å². The Morgan fingerprint density at radius 1 is 0.974 bits per heavy atom. The number of nitrogens with zero attached hydrogens (tertiary/aromatic N) is 2. The zero-order valence-corrected chi connectivity index (χ0v) is 24.3. The van der Waals surface area contributed by atoms with E-state index in [0.717, 1.165) is 15.4 Å². The van der Waals surface area contributed by atoms with Gasteiger partial charge in [0.2, 0.25) is 11.8 Å². The van der Waals surface area contributed by atoms with Crippen molar-refractivity contribution >= 4 is 39.1 Å². The first-order valence-corrected chi connectivity index (χ1v) is 14.3. The molecule has 0 aliphatic heterocycles. The van der Waals surface area contributed by atoms with E-state index < -0.39 is 28.5 Å². The van der Waals surface area contributed by atoms with Gasteiger partial charge in [-0.2, -0.15) is 0 Å². The number of halogens is 1. The van der Waals surface area contributed by atoms with Crippen molar-refractivity contribution in [1.82, 2.24) is 10.2 Å². The number of nitrogens with one attached hydrogen (secondary N) is 1. The number of benzene rings is 3. The summed E-state index contributed by atoms with van der Waals surface area (Å²) in [7, 11) is -2.71. The predicted molar refractivity (Wildman–Crippen MR) is 153 cm³/mol. The number of hydrogen-bond acceptors (Lipinski definition) is 5. The Morgan fingerprint density at radius 2 is 1.64 bits per heavy atom. The molecule has 2 amide bonds. The van der Waals surface area contributed by atoms with Gasteiger partial charge >= 0.3 is 0 Å². The fourth-order valence-corrected chi connectivity index (χ4v) is 5.62. The maximum atomic E-state index is 13.9. The third-order valence-electron chi connectivity index (χ3n) is 6.06. The summed E-state index contributed by atoms with van der Waals surface area (Å²) in [6.07, 6.45) is 0. The van der Waals surface area contributed by atoms with E-state index in [0.29, 0.717) is 10.8 Å². The van der Waals surface area contributed by atoms with Gasteiger partial charge in [0.1, 0.15) is 18.3 Å². The topological polar surface area (TPSA) is 96.0 Å². The summed E-state index contributed by atoms with van der Waals surface area (Å²) in [6.45, 7) is 6.82. The largest absolute Gasteiger partial charge is 0.497 e. The summed E-state index contributed by atoms with van der Waals surface area (Å²) < 4.78 is 33.9. The summed E-state index contributed by atoms with van der Waals surface area (Å²) in [6, 6.07) is 18.8. The quantitative estimate of drug-likeness (QED) is 0.357. The van der Waals surface area contributed by atoms with Gasteiger partial charge in [-0.3, -0.25) is 13.9 Å². The molecule has 0 saturated heterocycles. The molecular weight excluding hydrogens is 538 g/mol. The van der Waals surface area contributed by atoms with Crippen LogP contribution < -0.4 is 14.4 Å². The van der Waals surface area contributed by atoms with Gasteiger partial charge in [-0.05, 0) is 75.7 Å². The Labute approximate surface area is 235 Å². The van der Waals surface area contributed by atoms with E-state index in [4.69, 9.17) is 16.3 Å². The highest BCUT2D eigenvalue weighted by atomic mass is 35.5. The number of ether oxygens (including phenoxy) is 1. The minimum atomic E-state index is -4.20. The van der Waals surface area contributed by atoms with Crippen molar-refractivity contribution in [2.24, 2.45) is 0 Å². The molecule has 0 aliphatic carbocycles. The molecule has 10 heteroatoms. The molecule has 8 nitrogen and oxygen atoms in total. The number of amides is 2. The third kappa shape index (κ3) is 7.74. The molecule has 3 aromatic carbocycles. The Morgan fingerprint density at radius 3 is 2.23 bits per heavy atom. The van der Waals surface area contributed by atoms with Crippen molar-refractivity contribution in [3.63, 3.8) is 0 Å². The average Bonchev–Trinajstić information content (AvgIpc) is 2.89. The van der Waals surface area contributed by atoms with Crippen LogP contribution in [0.25, 0.3) is 0 Å². The first-order valence-electron chi connectivity index (χ1n) is 12.5. The fraction of sp³-hybridized carbons (Fsp3) is 0.310. The van der Waals surface area contributed by atoms with Crippen LogP contribution >= 0.6 is 11.6 Å². The molecule has 3 rings (SSSR count). The van der Waals surface area contributed by atoms with Crippen LogP contribution in [0, 0.1) is 6.92 Å². The van der Waals surface area contributed by atoms with E-state index in [2.05, 4.69) is 5.32 Å². The van der Waals surface area contributed by atoms with E-state index in [1.807, 2.05) is 45.0 Å². The molecule has 0 aromatic heterocycles. The maximum absolute atomic E-state index is 13.9. The smallest absolute Gasteiger partial charge is 0.264 e. The molecule has 0 aliphatic rings. The van der Waals surface area contributed by atoms with Gasteiger partial charge in [0.25, 0.3) is 10.0 Å². The molecule has 0 spiro atoms. The summed E-state index contributed by atoms with van der Waals surface area (Å²) in [5.41, 5.74) is 2.04. The Bertz CT molecular complexity index is 1410. The second kappa shape index (κ2) is 13.0. The Hall–Kier alpha value is -3.56. The number of anilines is 1. The van der Waals surface area contributed by atoms with Crippen LogP contribution in [0.4, 0.5) is 5.69 Å². The number of methoxy groups -OCH3 is 1. The number of hydrogen-bond donors (Lipinski definition) is 1. The monoisotopic (exact) mass is 571 g/mol. The van der Waals surface area contributed by atoms with E-state index in [1.54, 1.807) is 25.1 Å². The molecule has 0 saturated carbocycles. The summed E-state index contributed by atoms with van der Waals surface area (Å²) in [4.78, 5) is 28.2. The molecule has 0 fully saturated rings. The molecular formula is C29H34ClN3O5S. The van der Waals surface area contributed by atoms with Gasteiger partial charge in [-0.15, -0.1) is 0 Å². The van der Waals surface area contributed by atoms with Crippen molar-refractivity contribution in [3.8, 4) is 5.75 Å². The van der Waals surface area contributed by atoms with Gasteiger partial charge in [0.15, 0.2) is 0 Å². The first-order chi connectivity index (χ1) is 18.4. The SMILES string of the molecule is COc1ccc(S(=O)(=O)N(CC(=O)N(Cc2cccc(C)c2)[C@@H](C)C(=O)NC(C)C)c2cccc(Cl)c2)cc1. The highest BCUT2D eigenvalue weighted by molar-refractivity contribution is 7.92. The lowest BCUT2D eigenvalue weighted by Crippen LogP contribution is -2.52. The second-order valence-corrected chi connectivity index (χ2v) is 11.8. The number of aryl methyl sites for hydroxylation is 1. The molecule has 39 heavy (non-hydrogen) atoms. The zero-order chi connectivity index (χ0) is 28.7. The summed E-state index contributed by atoms with van der Waals surface area (Å²) >= 11 is 6.20. The molecule has 0 unspecified atom stereocenters. The van der Waals surface area contributed by atoms with Crippen molar-refractivity contribution in [3.05, 3.63) is 88.9 Å². The van der Waals surface area contributed by atoms with E-state index in [1.165, 1.54) is 42.3 Å². The van der Waals surface area contributed by atoms with E-state index in [-0.39, 0.29) is 29.1 Å². The summed E-state index contributed by atoms with van der Waals surface area (Å²) in [5.74, 6) is -0.382. The molecule has 3 aromatic rings. The van der Waals surface area contributed by atoms with E-state index in [9.17, 15) is 18.0 Å². The normalized spacial score (nSPS) is 12.1. The lowest BCUT2D eigenvalue weighted by molar-refractivity contribution is -0.139. The number of sulfonamides is 1. The highest BCUT2D eigenvalue weighted by Gasteiger charge is 2.32. The van der Waals surface area contributed by atoms with Crippen LogP contribution in [0.2, 0.25) is 5.02 Å². The minimum Gasteiger partial charge on any atom is -0.497 e. The number of rotatable bonds is 11. The molecule has 0 radical (unpaired) electrons. The van der Waals surface area contributed by atoms with Gasteiger partial charge in [0.05, 0.1) is 17.7 Å². The molecule has 1 N–H and O–H groups in total. The van der Waals surface area contributed by atoms with E-state index >= 15 is 0 Å². The van der Waals surface area contributed by atoms with Gasteiger partial charge in [-0.1, -0.05) is 47.5 Å². The minimum absolute atomic E-state index is 0.0214. The average molecular weight is 572 g/mol. The van der Waals surface area contributed by atoms with Crippen molar-refractivity contribution in [2.45, 2.75) is 51.2 Å². The third-order valence-corrected chi connectivity index (χ3v) is 8.08. The molecule has 0 heterocycles. The lowest BCUT2D eigenvalue weighted by Gasteiger charge is -2.32. The van der Waals surface area contributed by atoms with Crippen LogP contribution in [0.3, 0.4) is 0 Å². The van der Waals surface area contributed by atoms with Gasteiger partial charge in [0, 0.05) is 17.6 Å². The molecule has 1 atom stereocenters. The van der Waals surface area contributed by atoms with Gasteiger partial charge in [-0.25, -0.2) is 8.42 Å². The van der Waals surface area contributed by atoms with Crippen molar-refractivity contribution < 1.29 is 22.7 Å². The summed E-state index contributed by atoms with van der Waals surface area (Å²) in [5, 5.41) is 3.16. The second-order valence-electron chi connectivity index (χ2n) is 9.52. The Balaban J connectivity index is 2.04. The zero-order valence-electron chi connectivity index (χ0n) is 22.7. The van der Waals surface area contributed by atoms with Crippen LogP contribution in [0.15, 0.2) is 77.7 Å².